The summed E-state index contributed by atoms with van der Waals surface area (Å²) in [7, 11) is 0. The first kappa shape index (κ1) is 14.6. The minimum atomic E-state index is 0.207. The molecule has 17 heavy (non-hydrogen) atoms. The average molecular weight is 235 g/mol. The fraction of sp³-hybridized carbons (Fsp3) is 0.875. The lowest BCUT2D eigenvalue weighted by atomic mass is 9.58. The van der Waals surface area contributed by atoms with E-state index in [1.165, 1.54) is 32.1 Å². The fourth-order valence-corrected chi connectivity index (χ4v) is 2.91. The third-order valence-electron chi connectivity index (χ3n) is 4.43. The van der Waals surface area contributed by atoms with Gasteiger partial charge >= 0.3 is 0 Å². The van der Waals surface area contributed by atoms with Gasteiger partial charge in [0.1, 0.15) is 0 Å². The quantitative estimate of drug-likeness (QED) is 0.661. The van der Waals surface area contributed by atoms with Crippen LogP contribution < -0.4 is 5.32 Å². The van der Waals surface area contributed by atoms with Gasteiger partial charge in [-0.1, -0.05) is 33.6 Å². The molecule has 0 amide bonds. The molecule has 0 heterocycles. The molecular formula is C16H29N. The van der Waals surface area contributed by atoms with E-state index >= 15 is 0 Å². The van der Waals surface area contributed by atoms with Crippen LogP contribution in [-0.2, 0) is 0 Å². The normalized spacial score (nSPS) is 32.2. The topological polar surface area (TPSA) is 12.0 Å². The first-order chi connectivity index (χ1) is 8.04. The van der Waals surface area contributed by atoms with Gasteiger partial charge in [-0.2, -0.15) is 0 Å². The summed E-state index contributed by atoms with van der Waals surface area (Å²) in [6.07, 6.45) is 12.1. The van der Waals surface area contributed by atoms with E-state index in [0.29, 0.717) is 5.92 Å². The summed E-state index contributed by atoms with van der Waals surface area (Å²) >= 11 is 0. The molecule has 3 atom stereocenters. The van der Waals surface area contributed by atoms with Gasteiger partial charge in [-0.15, -0.1) is 12.3 Å². The summed E-state index contributed by atoms with van der Waals surface area (Å²) in [4.78, 5) is 0. The molecule has 1 N–H and O–H groups in total. The van der Waals surface area contributed by atoms with E-state index in [-0.39, 0.29) is 5.54 Å². The van der Waals surface area contributed by atoms with Crippen LogP contribution >= 0.6 is 0 Å². The SMILES string of the molecule is C#CC1CC(CCCC)C1(C)NCCC(C)C. The molecule has 1 fully saturated rings. The second kappa shape index (κ2) is 6.45. The molecule has 0 spiro atoms. The first-order valence-corrected chi connectivity index (χ1v) is 7.25. The van der Waals surface area contributed by atoms with Gasteiger partial charge in [0.2, 0.25) is 0 Å². The Bertz CT molecular complexity index is 263. The number of nitrogens with one attached hydrogen (secondary N) is 1. The summed E-state index contributed by atoms with van der Waals surface area (Å²) in [6.45, 7) is 10.3. The number of unbranched alkanes of at least 4 members (excludes halogenated alkanes) is 1. The number of rotatable bonds is 7. The minimum Gasteiger partial charge on any atom is -0.310 e. The smallest absolute Gasteiger partial charge is 0.0385 e. The Balaban J connectivity index is 2.45. The molecule has 0 aromatic heterocycles. The third kappa shape index (κ3) is 3.49. The van der Waals surface area contributed by atoms with Crippen LogP contribution in [-0.4, -0.2) is 12.1 Å². The molecule has 0 aromatic rings. The van der Waals surface area contributed by atoms with Gasteiger partial charge in [-0.25, -0.2) is 0 Å². The van der Waals surface area contributed by atoms with Crippen LogP contribution in [0, 0.1) is 30.1 Å². The summed E-state index contributed by atoms with van der Waals surface area (Å²) in [6, 6.07) is 0. The maximum absolute atomic E-state index is 5.64. The molecule has 0 bridgehead atoms. The van der Waals surface area contributed by atoms with Crippen molar-refractivity contribution in [2.24, 2.45) is 17.8 Å². The van der Waals surface area contributed by atoms with Crippen LogP contribution in [0.25, 0.3) is 0 Å². The summed E-state index contributed by atoms with van der Waals surface area (Å²) in [5.74, 6) is 4.97. The Morgan fingerprint density at radius 3 is 2.71 bits per heavy atom. The van der Waals surface area contributed by atoms with Crippen molar-refractivity contribution in [3.8, 4) is 12.3 Å². The van der Waals surface area contributed by atoms with E-state index in [1.807, 2.05) is 0 Å². The monoisotopic (exact) mass is 235 g/mol. The first-order valence-electron chi connectivity index (χ1n) is 7.25. The van der Waals surface area contributed by atoms with Gasteiger partial charge in [0.25, 0.3) is 0 Å². The van der Waals surface area contributed by atoms with Crippen molar-refractivity contribution < 1.29 is 0 Å². The van der Waals surface area contributed by atoms with Crippen LogP contribution in [0.4, 0.5) is 0 Å². The van der Waals surface area contributed by atoms with Gasteiger partial charge in [0.05, 0.1) is 0 Å². The second-order valence-corrected chi connectivity index (χ2v) is 6.19. The van der Waals surface area contributed by atoms with Gasteiger partial charge in [-0.3, -0.25) is 0 Å². The molecule has 0 saturated heterocycles. The van der Waals surface area contributed by atoms with E-state index in [9.17, 15) is 0 Å². The highest BCUT2D eigenvalue weighted by atomic mass is 15.0. The van der Waals surface area contributed by atoms with Gasteiger partial charge in [0.15, 0.2) is 0 Å². The van der Waals surface area contributed by atoms with Crippen LogP contribution in [0.3, 0.4) is 0 Å². The summed E-state index contributed by atoms with van der Waals surface area (Å²) < 4.78 is 0. The van der Waals surface area contributed by atoms with E-state index in [2.05, 4.69) is 38.9 Å². The molecule has 1 heteroatoms. The molecule has 1 aliphatic carbocycles. The minimum absolute atomic E-state index is 0.207. The zero-order valence-electron chi connectivity index (χ0n) is 12.1. The molecule has 1 rings (SSSR count). The lowest BCUT2D eigenvalue weighted by Gasteiger charge is -2.53. The van der Waals surface area contributed by atoms with Crippen molar-refractivity contribution >= 4 is 0 Å². The van der Waals surface area contributed by atoms with Crippen LogP contribution in [0.2, 0.25) is 0 Å². The van der Waals surface area contributed by atoms with Gasteiger partial charge < -0.3 is 5.32 Å². The predicted octanol–water partition coefficient (Wildman–Crippen LogP) is 3.84. The standard InChI is InChI=1S/C16H29N/c1-6-8-9-15-12-14(7-2)16(15,5)17-11-10-13(3)4/h2,13-15,17H,6,8-12H2,1,3-5H3. The molecule has 1 nitrogen and oxygen atoms in total. The largest absolute Gasteiger partial charge is 0.310 e. The van der Waals surface area contributed by atoms with E-state index < -0.39 is 0 Å². The predicted molar refractivity (Wildman–Crippen MR) is 75.8 cm³/mol. The molecule has 1 saturated carbocycles. The van der Waals surface area contributed by atoms with Crippen molar-refractivity contribution in [2.45, 2.75) is 65.3 Å². The molecular weight excluding hydrogens is 206 g/mol. The van der Waals surface area contributed by atoms with Crippen molar-refractivity contribution in [2.75, 3.05) is 6.54 Å². The Kier molecular flexibility index (Phi) is 5.53. The van der Waals surface area contributed by atoms with Gasteiger partial charge in [0, 0.05) is 11.5 Å². The Labute approximate surface area is 108 Å². The zero-order valence-corrected chi connectivity index (χ0v) is 12.1. The molecule has 3 unspecified atom stereocenters. The molecule has 0 aromatic carbocycles. The van der Waals surface area contributed by atoms with E-state index in [1.54, 1.807) is 0 Å². The maximum atomic E-state index is 5.64. The number of terminal acetylenes is 1. The molecule has 0 radical (unpaired) electrons. The van der Waals surface area contributed by atoms with Crippen LogP contribution in [0.15, 0.2) is 0 Å². The highest BCUT2D eigenvalue weighted by Crippen LogP contribution is 2.46. The van der Waals surface area contributed by atoms with E-state index in [0.717, 1.165) is 18.4 Å². The van der Waals surface area contributed by atoms with Crippen molar-refractivity contribution in [3.63, 3.8) is 0 Å². The number of hydrogen-bond donors (Lipinski definition) is 1. The van der Waals surface area contributed by atoms with Crippen molar-refractivity contribution in [3.05, 3.63) is 0 Å². The molecule has 1 aliphatic rings. The maximum Gasteiger partial charge on any atom is 0.0385 e. The summed E-state index contributed by atoms with van der Waals surface area (Å²) in [5.41, 5.74) is 0.207. The fourth-order valence-electron chi connectivity index (χ4n) is 2.91. The van der Waals surface area contributed by atoms with Crippen molar-refractivity contribution in [1.29, 1.82) is 0 Å². The molecule has 0 aliphatic heterocycles. The van der Waals surface area contributed by atoms with Gasteiger partial charge in [-0.05, 0) is 44.6 Å². The number of hydrogen-bond acceptors (Lipinski definition) is 1. The van der Waals surface area contributed by atoms with E-state index in [4.69, 9.17) is 6.42 Å². The zero-order chi connectivity index (χ0) is 12.9. The Hall–Kier alpha value is -0.480. The van der Waals surface area contributed by atoms with Crippen LogP contribution in [0.1, 0.15) is 59.8 Å². The Morgan fingerprint density at radius 2 is 2.18 bits per heavy atom. The Morgan fingerprint density at radius 1 is 1.47 bits per heavy atom. The van der Waals surface area contributed by atoms with Crippen LogP contribution in [0.5, 0.6) is 0 Å². The average Bonchev–Trinajstić information content (AvgIpc) is 2.27. The second-order valence-electron chi connectivity index (χ2n) is 6.19. The lowest BCUT2D eigenvalue weighted by molar-refractivity contribution is 0.0413. The summed E-state index contributed by atoms with van der Waals surface area (Å²) in [5, 5.41) is 3.74. The third-order valence-corrected chi connectivity index (χ3v) is 4.43. The highest BCUT2D eigenvalue weighted by Gasteiger charge is 2.49. The lowest BCUT2D eigenvalue weighted by Crippen LogP contribution is -2.62. The molecule has 98 valence electrons. The van der Waals surface area contributed by atoms with Crippen molar-refractivity contribution in [1.82, 2.24) is 5.32 Å². The highest BCUT2D eigenvalue weighted by molar-refractivity contribution is 5.17.